The molecule has 0 atom stereocenters. The van der Waals surface area contributed by atoms with E-state index < -0.39 is 0 Å². The topological polar surface area (TPSA) is 15.3 Å². The van der Waals surface area contributed by atoms with Crippen molar-refractivity contribution in [3.05, 3.63) is 0 Å². The van der Waals surface area contributed by atoms with Gasteiger partial charge in [-0.2, -0.15) is 0 Å². The average molecular weight is 158 g/mol. The lowest BCUT2D eigenvalue weighted by molar-refractivity contribution is 0.418. The molecule has 68 valence electrons. The van der Waals surface area contributed by atoms with Crippen molar-refractivity contribution in [2.24, 2.45) is 0 Å². The summed E-state index contributed by atoms with van der Waals surface area (Å²) in [6.07, 6.45) is 5.60. The van der Waals surface area contributed by atoms with Crippen molar-refractivity contribution < 1.29 is 1.43 Å². The Hall–Kier alpha value is -0.0800. The third-order valence-electron chi connectivity index (χ3n) is 2.29. The van der Waals surface area contributed by atoms with Gasteiger partial charge in [-0.15, -0.1) is 0 Å². The summed E-state index contributed by atoms with van der Waals surface area (Å²) in [5, 5.41) is 3.22. The summed E-state index contributed by atoms with van der Waals surface area (Å²) >= 11 is 0. The Morgan fingerprint density at radius 2 is 1.55 bits per heavy atom. The molecule has 0 saturated carbocycles. The molecule has 2 aliphatic heterocycles. The van der Waals surface area contributed by atoms with Gasteiger partial charge in [-0.3, -0.25) is 0 Å². The van der Waals surface area contributed by atoms with Crippen LogP contribution >= 0.6 is 0 Å². The van der Waals surface area contributed by atoms with Crippen molar-refractivity contribution in [3.63, 3.8) is 0 Å². The Balaban J connectivity index is 0.000000189. The second-order valence-electron chi connectivity index (χ2n) is 3.47. The molecular formula is C9H22N2. The summed E-state index contributed by atoms with van der Waals surface area (Å²) in [5.74, 6) is 0. The Kier molecular flexibility index (Phi) is 4.55. The van der Waals surface area contributed by atoms with Crippen LogP contribution in [0.5, 0.6) is 0 Å². The number of hydrogen-bond acceptors (Lipinski definition) is 2. The van der Waals surface area contributed by atoms with E-state index in [0.717, 1.165) is 0 Å². The van der Waals surface area contributed by atoms with E-state index in [4.69, 9.17) is 0 Å². The quantitative estimate of drug-likeness (QED) is 0.572. The molecule has 2 heteroatoms. The Labute approximate surface area is 71.4 Å². The maximum atomic E-state index is 3.22. The van der Waals surface area contributed by atoms with Crippen LogP contribution in [0, 0.1) is 0 Å². The summed E-state index contributed by atoms with van der Waals surface area (Å²) in [5.41, 5.74) is 0. The van der Waals surface area contributed by atoms with Crippen LogP contribution < -0.4 is 5.32 Å². The fourth-order valence-corrected chi connectivity index (χ4v) is 1.50. The molecule has 0 radical (unpaired) electrons. The molecular weight excluding hydrogens is 136 g/mol. The molecule has 2 saturated heterocycles. The van der Waals surface area contributed by atoms with Gasteiger partial charge in [0.25, 0.3) is 0 Å². The summed E-state index contributed by atoms with van der Waals surface area (Å²) in [4.78, 5) is 2.36. The second-order valence-corrected chi connectivity index (χ2v) is 3.47. The van der Waals surface area contributed by atoms with Gasteiger partial charge in [0.05, 0.1) is 0 Å². The fourth-order valence-electron chi connectivity index (χ4n) is 1.50. The molecule has 2 heterocycles. The van der Waals surface area contributed by atoms with Gasteiger partial charge in [-0.05, 0) is 58.9 Å². The first-order valence-electron chi connectivity index (χ1n) is 4.79. The maximum Gasteiger partial charge on any atom is 0 e. The molecule has 0 spiro atoms. The third kappa shape index (κ3) is 4.38. The van der Waals surface area contributed by atoms with E-state index in [9.17, 15) is 0 Å². The van der Waals surface area contributed by atoms with Crippen molar-refractivity contribution in [2.75, 3.05) is 33.2 Å². The number of rotatable bonds is 0. The molecule has 0 aromatic heterocycles. The standard InChI is InChI=1S/C5H11N.C4H9N.H2/c1-6-4-2-3-5-6;1-2-4-5-3-1;/h2-5H2,1H3;5H,1-4H2;1H. The zero-order chi connectivity index (χ0) is 7.94. The van der Waals surface area contributed by atoms with Gasteiger partial charge < -0.3 is 10.2 Å². The number of hydrogen-bond donors (Lipinski definition) is 1. The molecule has 0 amide bonds. The molecule has 0 aliphatic carbocycles. The lowest BCUT2D eigenvalue weighted by Gasteiger charge is -2.01. The highest BCUT2D eigenvalue weighted by Gasteiger charge is 2.03. The monoisotopic (exact) mass is 158 g/mol. The van der Waals surface area contributed by atoms with Gasteiger partial charge >= 0.3 is 0 Å². The van der Waals surface area contributed by atoms with Gasteiger partial charge in [0, 0.05) is 1.43 Å². The first kappa shape index (κ1) is 9.01. The number of nitrogens with one attached hydrogen (secondary N) is 1. The summed E-state index contributed by atoms with van der Waals surface area (Å²) in [7, 11) is 2.17. The molecule has 11 heavy (non-hydrogen) atoms. The predicted molar refractivity (Wildman–Crippen MR) is 50.9 cm³/mol. The van der Waals surface area contributed by atoms with Crippen LogP contribution in [0.15, 0.2) is 0 Å². The Morgan fingerprint density at radius 1 is 1.00 bits per heavy atom. The summed E-state index contributed by atoms with van der Waals surface area (Å²) in [6, 6.07) is 0. The van der Waals surface area contributed by atoms with Gasteiger partial charge in [0.1, 0.15) is 0 Å². The molecule has 0 bridgehead atoms. The fraction of sp³-hybridized carbons (Fsp3) is 1.00. The molecule has 0 aromatic carbocycles. The van der Waals surface area contributed by atoms with Crippen molar-refractivity contribution in [1.29, 1.82) is 0 Å². The number of nitrogens with zero attached hydrogens (tertiary/aromatic N) is 1. The predicted octanol–water partition coefficient (Wildman–Crippen LogP) is 1.33. The van der Waals surface area contributed by atoms with Crippen LogP contribution in [0.1, 0.15) is 27.1 Å². The number of likely N-dealkylation sites (tertiary alicyclic amines) is 1. The highest BCUT2D eigenvalue weighted by atomic mass is 15.1. The minimum Gasteiger partial charge on any atom is -0.317 e. The highest BCUT2D eigenvalue weighted by molar-refractivity contribution is 4.59. The molecule has 2 fully saturated rings. The van der Waals surface area contributed by atoms with Crippen LogP contribution in [-0.4, -0.2) is 38.1 Å². The lowest BCUT2D eigenvalue weighted by atomic mass is 10.4. The molecule has 2 nitrogen and oxygen atoms in total. The molecule has 0 unspecified atom stereocenters. The molecule has 2 aliphatic rings. The molecule has 2 rings (SSSR count). The first-order chi connectivity index (χ1) is 5.39. The van der Waals surface area contributed by atoms with E-state index in [1.807, 2.05) is 0 Å². The third-order valence-corrected chi connectivity index (χ3v) is 2.29. The maximum absolute atomic E-state index is 3.22. The van der Waals surface area contributed by atoms with Crippen LogP contribution in [0.25, 0.3) is 0 Å². The normalized spacial score (nSPS) is 24.8. The van der Waals surface area contributed by atoms with Crippen LogP contribution in [0.4, 0.5) is 0 Å². The van der Waals surface area contributed by atoms with E-state index in [1.54, 1.807) is 0 Å². The van der Waals surface area contributed by atoms with Gasteiger partial charge in [0.15, 0.2) is 0 Å². The van der Waals surface area contributed by atoms with E-state index in [-0.39, 0.29) is 1.43 Å². The van der Waals surface area contributed by atoms with E-state index in [1.165, 1.54) is 51.9 Å². The lowest BCUT2D eigenvalue weighted by Crippen LogP contribution is -2.10. The van der Waals surface area contributed by atoms with Crippen molar-refractivity contribution in [1.82, 2.24) is 10.2 Å². The first-order valence-corrected chi connectivity index (χ1v) is 4.79. The zero-order valence-corrected chi connectivity index (χ0v) is 7.60. The van der Waals surface area contributed by atoms with Crippen LogP contribution in [0.3, 0.4) is 0 Å². The van der Waals surface area contributed by atoms with Crippen molar-refractivity contribution >= 4 is 0 Å². The van der Waals surface area contributed by atoms with Gasteiger partial charge in [-0.1, -0.05) is 0 Å². The van der Waals surface area contributed by atoms with E-state index in [2.05, 4.69) is 17.3 Å². The zero-order valence-electron chi connectivity index (χ0n) is 7.60. The van der Waals surface area contributed by atoms with Gasteiger partial charge in [-0.25, -0.2) is 0 Å². The summed E-state index contributed by atoms with van der Waals surface area (Å²) in [6.45, 7) is 5.14. The Morgan fingerprint density at radius 3 is 1.73 bits per heavy atom. The minimum absolute atomic E-state index is 0. The molecule has 1 N–H and O–H groups in total. The van der Waals surface area contributed by atoms with Gasteiger partial charge in [0.2, 0.25) is 0 Å². The van der Waals surface area contributed by atoms with Crippen LogP contribution in [0.2, 0.25) is 0 Å². The van der Waals surface area contributed by atoms with Crippen LogP contribution in [-0.2, 0) is 0 Å². The van der Waals surface area contributed by atoms with Crippen molar-refractivity contribution in [2.45, 2.75) is 25.7 Å². The molecule has 0 aromatic rings. The SMILES string of the molecule is C1CCNC1.CN1CCCC1.[HH]. The Bertz CT molecular complexity index is 80.9. The van der Waals surface area contributed by atoms with E-state index >= 15 is 0 Å². The smallest absolute Gasteiger partial charge is 0 e. The average Bonchev–Trinajstić information content (AvgIpc) is 2.57. The largest absolute Gasteiger partial charge is 0.317 e. The van der Waals surface area contributed by atoms with E-state index in [0.29, 0.717) is 0 Å². The highest BCUT2D eigenvalue weighted by Crippen LogP contribution is 2.02. The van der Waals surface area contributed by atoms with Crippen molar-refractivity contribution in [3.8, 4) is 0 Å². The minimum atomic E-state index is 0. The summed E-state index contributed by atoms with van der Waals surface area (Å²) < 4.78 is 0. The second kappa shape index (κ2) is 5.56.